The SMILES string of the molecule is C=CCNC(=C)C(=C)C(CCC)NC(=O)C1CCCN1C(=C)C(NC(=O)NC1(CS(=C)(=C)C(C)(C)C)CCC(C)CC1)C1CCCCC1.CC(F)F. The van der Waals surface area contributed by atoms with Crippen LogP contribution >= 0.6 is 9.21 Å². The Hall–Kier alpha value is -2.75. The summed E-state index contributed by atoms with van der Waals surface area (Å²) >= 11 is 0. The molecule has 2 saturated carbocycles. The van der Waals surface area contributed by atoms with E-state index >= 15 is 0 Å². The largest absolute Gasteiger partial charge is 0.382 e. The summed E-state index contributed by atoms with van der Waals surface area (Å²) in [6.45, 7) is 30.1. The Morgan fingerprint density at radius 1 is 0.981 bits per heavy atom. The van der Waals surface area contributed by atoms with E-state index in [1.165, 1.54) is 6.42 Å². The third kappa shape index (κ3) is 13.6. The van der Waals surface area contributed by atoms with Crippen LogP contribution in [0, 0.1) is 11.8 Å². The number of hydrogen-bond acceptors (Lipinski definition) is 4. The lowest BCUT2D eigenvalue weighted by Crippen LogP contribution is -2.59. The van der Waals surface area contributed by atoms with Gasteiger partial charge in [-0.15, -0.1) is 6.58 Å². The van der Waals surface area contributed by atoms with Gasteiger partial charge in [0.15, 0.2) is 0 Å². The summed E-state index contributed by atoms with van der Waals surface area (Å²) in [6.07, 6.45) is 12.6. The summed E-state index contributed by atoms with van der Waals surface area (Å²) in [4.78, 5) is 30.2. The molecule has 7 nitrogen and oxygen atoms in total. The first-order chi connectivity index (χ1) is 24.3. The first-order valence-corrected chi connectivity index (χ1v) is 21.7. The van der Waals surface area contributed by atoms with Crippen molar-refractivity contribution in [3.05, 3.63) is 49.4 Å². The average Bonchev–Trinajstić information content (AvgIpc) is 3.56. The number of hydrogen-bond donors (Lipinski definition) is 4. The average molecular weight is 750 g/mol. The van der Waals surface area contributed by atoms with Crippen LogP contribution in [0.2, 0.25) is 0 Å². The van der Waals surface area contributed by atoms with Gasteiger partial charge in [0.25, 0.3) is 0 Å². The number of carbonyl (C=O) groups excluding carboxylic acids is 2. The molecule has 4 N–H and O–H groups in total. The van der Waals surface area contributed by atoms with Crippen molar-refractivity contribution in [1.82, 2.24) is 26.2 Å². The number of alkyl halides is 2. The molecule has 0 spiro atoms. The molecule has 0 bridgehead atoms. The number of halogens is 2. The molecule has 3 atom stereocenters. The third-order valence-corrected chi connectivity index (χ3v) is 15.0. The van der Waals surface area contributed by atoms with Crippen LogP contribution in [0.5, 0.6) is 0 Å². The molecule has 1 heterocycles. The zero-order valence-electron chi connectivity index (χ0n) is 33.5. The molecule has 2 aliphatic carbocycles. The highest BCUT2D eigenvalue weighted by atomic mass is 32.2. The maximum atomic E-state index is 14.1. The Morgan fingerprint density at radius 3 is 2.12 bits per heavy atom. The van der Waals surface area contributed by atoms with Crippen molar-refractivity contribution in [2.75, 3.05) is 18.8 Å². The molecule has 3 rings (SSSR count). The first-order valence-electron chi connectivity index (χ1n) is 19.6. The fourth-order valence-electron chi connectivity index (χ4n) is 7.70. The number of likely N-dealkylation sites (tertiary alicyclic amines) is 1. The van der Waals surface area contributed by atoms with Crippen LogP contribution in [0.15, 0.2) is 49.4 Å². The fourth-order valence-corrected chi connectivity index (χ4v) is 9.55. The lowest BCUT2D eigenvalue weighted by molar-refractivity contribution is -0.125. The summed E-state index contributed by atoms with van der Waals surface area (Å²) in [5.74, 6) is 11.0. The van der Waals surface area contributed by atoms with Crippen molar-refractivity contribution in [2.24, 2.45) is 11.8 Å². The Labute approximate surface area is 316 Å². The molecule has 52 heavy (non-hydrogen) atoms. The predicted molar refractivity (Wildman–Crippen MR) is 223 cm³/mol. The standard InChI is InChI=1S/C40H69N5O2S.C2H4F2/c1-12-18-34(30(4)31(5)41-26-13-2)42-37(46)35-21-17-27-45(35)32(6)36(33-19-15-14-16-20-33)43-38(47)44-40(24-22-29(3)23-25-40)28-48(10,11)39(7,8)9;1-2(3)4/h13,29,33-36,41H,2,4-6,10-12,14-28H2,1,3,7-9H3,(H,42,46)(H2,43,44,47);2H,1H3. The van der Waals surface area contributed by atoms with Gasteiger partial charge in [-0.25, -0.2) is 22.8 Å². The summed E-state index contributed by atoms with van der Waals surface area (Å²) in [5, 5.41) is 13.5. The lowest BCUT2D eigenvalue weighted by Gasteiger charge is -2.45. The maximum Gasteiger partial charge on any atom is 0.315 e. The summed E-state index contributed by atoms with van der Waals surface area (Å²) in [6, 6.07) is -0.911. The van der Waals surface area contributed by atoms with Gasteiger partial charge in [-0.05, 0) is 86.9 Å². The zero-order chi connectivity index (χ0) is 39.3. The van der Waals surface area contributed by atoms with Gasteiger partial charge in [0.1, 0.15) is 6.04 Å². The Kier molecular flexibility index (Phi) is 18.0. The Morgan fingerprint density at radius 2 is 1.58 bits per heavy atom. The minimum absolute atomic E-state index is 0.0146. The number of carbonyl (C=O) groups is 2. The normalized spacial score (nSPS) is 23.8. The van der Waals surface area contributed by atoms with Gasteiger partial charge in [-0.2, -0.15) is 0 Å². The molecule has 3 fully saturated rings. The maximum absolute atomic E-state index is 14.1. The molecule has 1 aliphatic heterocycles. The number of amides is 3. The van der Waals surface area contributed by atoms with Crippen molar-refractivity contribution in [1.29, 1.82) is 0 Å². The Balaban J connectivity index is 0.00000222. The minimum atomic E-state index is -2.17. The van der Waals surface area contributed by atoms with E-state index in [2.05, 4.69) is 98.8 Å². The van der Waals surface area contributed by atoms with Crippen LogP contribution in [0.25, 0.3) is 0 Å². The second-order valence-electron chi connectivity index (χ2n) is 16.6. The van der Waals surface area contributed by atoms with E-state index in [1.807, 2.05) is 0 Å². The molecule has 0 radical (unpaired) electrons. The van der Waals surface area contributed by atoms with Crippen molar-refractivity contribution < 1.29 is 18.4 Å². The fraction of sp³-hybridized carbons (Fsp3) is 0.714. The van der Waals surface area contributed by atoms with Gasteiger partial charge in [-0.3, -0.25) is 4.79 Å². The van der Waals surface area contributed by atoms with E-state index in [0.717, 1.165) is 113 Å². The second kappa shape index (κ2) is 20.6. The molecule has 298 valence electrons. The molecule has 0 aromatic carbocycles. The highest BCUT2D eigenvalue weighted by Crippen LogP contribution is 2.44. The quantitative estimate of drug-likeness (QED) is 0.0721. The molecule has 10 heteroatoms. The van der Waals surface area contributed by atoms with Gasteiger partial charge < -0.3 is 26.2 Å². The van der Waals surface area contributed by atoms with Crippen molar-refractivity contribution >= 4 is 32.9 Å². The van der Waals surface area contributed by atoms with Crippen molar-refractivity contribution in [3.8, 4) is 0 Å². The second-order valence-corrected chi connectivity index (χ2v) is 20.2. The minimum Gasteiger partial charge on any atom is -0.382 e. The highest BCUT2D eigenvalue weighted by Gasteiger charge is 2.41. The van der Waals surface area contributed by atoms with Crippen LogP contribution in [-0.4, -0.2) is 82.3 Å². The smallest absolute Gasteiger partial charge is 0.315 e. The molecular formula is C42H73F2N5O2S. The molecule has 3 amide bonds. The molecule has 3 unspecified atom stereocenters. The molecule has 3 aliphatic rings. The van der Waals surface area contributed by atoms with Crippen LogP contribution in [-0.2, 0) is 4.79 Å². The van der Waals surface area contributed by atoms with Gasteiger partial charge in [-0.1, -0.05) is 97.9 Å². The molecular weight excluding hydrogens is 677 g/mol. The summed E-state index contributed by atoms with van der Waals surface area (Å²) in [7, 11) is -1.48. The topological polar surface area (TPSA) is 85.5 Å². The predicted octanol–water partition coefficient (Wildman–Crippen LogP) is 9.03. The zero-order valence-corrected chi connectivity index (χ0v) is 34.3. The van der Waals surface area contributed by atoms with Gasteiger partial charge in [0.2, 0.25) is 12.3 Å². The van der Waals surface area contributed by atoms with Crippen molar-refractivity contribution in [3.63, 3.8) is 0 Å². The highest BCUT2D eigenvalue weighted by molar-refractivity contribution is 8.28. The van der Waals surface area contributed by atoms with Crippen LogP contribution < -0.4 is 21.3 Å². The molecule has 0 aromatic rings. The van der Waals surface area contributed by atoms with E-state index < -0.39 is 15.6 Å². The molecule has 1 saturated heterocycles. The lowest BCUT2D eigenvalue weighted by atomic mass is 9.78. The van der Waals surface area contributed by atoms with Crippen LogP contribution in [0.3, 0.4) is 0 Å². The number of nitrogens with one attached hydrogen (secondary N) is 4. The first kappa shape index (κ1) is 45.4. The number of urea groups is 1. The van der Waals surface area contributed by atoms with E-state index in [0.29, 0.717) is 12.5 Å². The number of nitrogens with zero attached hydrogens (tertiary/aromatic N) is 1. The summed E-state index contributed by atoms with van der Waals surface area (Å²) < 4.78 is 20.6. The molecule has 0 aromatic heterocycles. The monoisotopic (exact) mass is 750 g/mol. The Bertz CT molecular complexity index is 1320. The summed E-state index contributed by atoms with van der Waals surface area (Å²) in [5.41, 5.74) is 2.05. The van der Waals surface area contributed by atoms with E-state index in [4.69, 9.17) is 0 Å². The van der Waals surface area contributed by atoms with Crippen molar-refractivity contribution in [2.45, 2.75) is 160 Å². The van der Waals surface area contributed by atoms with Gasteiger partial charge >= 0.3 is 6.03 Å². The number of rotatable bonds is 16. The van der Waals surface area contributed by atoms with Crippen LogP contribution in [0.1, 0.15) is 125 Å². The van der Waals surface area contributed by atoms with E-state index in [9.17, 15) is 18.4 Å². The van der Waals surface area contributed by atoms with Gasteiger partial charge in [0, 0.05) is 35.8 Å². The van der Waals surface area contributed by atoms with E-state index in [-0.39, 0.29) is 46.3 Å². The van der Waals surface area contributed by atoms with E-state index in [1.54, 1.807) is 6.08 Å². The van der Waals surface area contributed by atoms with Gasteiger partial charge in [0.05, 0.1) is 12.1 Å². The third-order valence-electron chi connectivity index (χ3n) is 11.3. The van der Waals surface area contributed by atoms with Crippen LogP contribution in [0.4, 0.5) is 13.6 Å².